The molecule has 0 heterocycles. The van der Waals surface area contributed by atoms with Crippen molar-refractivity contribution in [3.63, 3.8) is 0 Å². The zero-order chi connectivity index (χ0) is 9.26. The van der Waals surface area contributed by atoms with E-state index in [0.29, 0.717) is 5.92 Å². The van der Waals surface area contributed by atoms with Crippen molar-refractivity contribution in [2.24, 2.45) is 5.92 Å². The van der Waals surface area contributed by atoms with Gasteiger partial charge in [-0.1, -0.05) is 24.3 Å². The molecule has 0 N–H and O–H groups in total. The number of benzene rings is 1. The average molecular weight is 172 g/mol. The van der Waals surface area contributed by atoms with Crippen LogP contribution < -0.4 is 0 Å². The van der Waals surface area contributed by atoms with Crippen LogP contribution in [0.3, 0.4) is 0 Å². The van der Waals surface area contributed by atoms with Gasteiger partial charge in [-0.25, -0.2) is 4.79 Å². The summed E-state index contributed by atoms with van der Waals surface area (Å²) in [5, 5.41) is 0. The van der Waals surface area contributed by atoms with Gasteiger partial charge in [0.25, 0.3) is 0 Å². The Kier molecular flexibility index (Phi) is 2.03. The first-order chi connectivity index (χ1) is 6.31. The Morgan fingerprint density at radius 2 is 1.85 bits per heavy atom. The fourth-order valence-corrected chi connectivity index (χ4v) is 1.95. The van der Waals surface area contributed by atoms with E-state index in [2.05, 4.69) is 24.3 Å². The maximum absolute atomic E-state index is 10.5. The molecular formula is C12H12O. The van der Waals surface area contributed by atoms with E-state index in [1.165, 1.54) is 11.1 Å². The minimum absolute atomic E-state index is 0.398. The molecule has 1 nitrogen and oxygen atoms in total. The number of carbonyl (C=O) groups excluding carboxylic acids is 1. The average Bonchev–Trinajstić information content (AvgIpc) is 2.59. The summed E-state index contributed by atoms with van der Waals surface area (Å²) in [6.45, 7) is 1.88. The molecule has 1 aliphatic rings. The first-order valence-electron chi connectivity index (χ1n) is 4.59. The molecule has 13 heavy (non-hydrogen) atoms. The van der Waals surface area contributed by atoms with Crippen LogP contribution in [0.2, 0.25) is 0 Å². The van der Waals surface area contributed by atoms with Crippen molar-refractivity contribution in [1.82, 2.24) is 0 Å². The molecule has 0 saturated carbocycles. The quantitative estimate of drug-likeness (QED) is 0.593. The van der Waals surface area contributed by atoms with Crippen molar-refractivity contribution in [1.29, 1.82) is 0 Å². The Morgan fingerprint density at radius 3 is 2.31 bits per heavy atom. The lowest BCUT2D eigenvalue weighted by Crippen LogP contribution is -2.01. The van der Waals surface area contributed by atoms with Gasteiger partial charge in [0.1, 0.15) is 5.94 Å². The van der Waals surface area contributed by atoms with Gasteiger partial charge in [-0.05, 0) is 36.8 Å². The van der Waals surface area contributed by atoms with Gasteiger partial charge in [0.2, 0.25) is 0 Å². The van der Waals surface area contributed by atoms with Crippen LogP contribution in [-0.4, -0.2) is 5.94 Å². The normalized spacial score (nSPS) is 15.2. The van der Waals surface area contributed by atoms with E-state index in [4.69, 9.17) is 0 Å². The number of rotatable bonds is 1. The predicted molar refractivity (Wildman–Crippen MR) is 52.2 cm³/mol. The highest BCUT2D eigenvalue weighted by Gasteiger charge is 2.22. The Balaban J connectivity index is 2.28. The summed E-state index contributed by atoms with van der Waals surface area (Å²) in [5.74, 6) is 2.41. The molecule has 1 aromatic carbocycles. The maximum atomic E-state index is 10.5. The van der Waals surface area contributed by atoms with E-state index in [0.717, 1.165) is 18.4 Å². The van der Waals surface area contributed by atoms with Gasteiger partial charge >= 0.3 is 0 Å². The van der Waals surface area contributed by atoms with Crippen LogP contribution >= 0.6 is 0 Å². The Morgan fingerprint density at radius 1 is 1.31 bits per heavy atom. The first-order valence-corrected chi connectivity index (χ1v) is 4.59. The van der Waals surface area contributed by atoms with Crippen molar-refractivity contribution in [2.75, 3.05) is 0 Å². The third-order valence-corrected chi connectivity index (χ3v) is 2.82. The number of fused-ring (bicyclic) bond motifs is 1. The molecule has 0 unspecified atom stereocenters. The minimum atomic E-state index is 0.398. The SMILES string of the molecule is CC(=C=O)C1Cc2ccccc2C1. The van der Waals surface area contributed by atoms with Crippen LogP contribution in [0.25, 0.3) is 0 Å². The van der Waals surface area contributed by atoms with Crippen molar-refractivity contribution in [3.8, 4) is 0 Å². The van der Waals surface area contributed by atoms with Gasteiger partial charge in [0.15, 0.2) is 0 Å². The van der Waals surface area contributed by atoms with Crippen molar-refractivity contribution >= 4 is 5.94 Å². The zero-order valence-electron chi connectivity index (χ0n) is 7.71. The third kappa shape index (κ3) is 1.43. The van der Waals surface area contributed by atoms with Gasteiger partial charge in [0.05, 0.1) is 0 Å². The van der Waals surface area contributed by atoms with Crippen LogP contribution in [0.5, 0.6) is 0 Å². The highest BCUT2D eigenvalue weighted by atomic mass is 16.1. The van der Waals surface area contributed by atoms with Gasteiger partial charge < -0.3 is 0 Å². The van der Waals surface area contributed by atoms with Crippen molar-refractivity contribution in [3.05, 3.63) is 41.0 Å². The zero-order valence-corrected chi connectivity index (χ0v) is 7.71. The molecule has 0 bridgehead atoms. The molecule has 1 aliphatic carbocycles. The van der Waals surface area contributed by atoms with E-state index < -0.39 is 0 Å². The molecule has 0 spiro atoms. The second-order valence-corrected chi connectivity index (χ2v) is 3.66. The molecule has 0 saturated heterocycles. The minimum Gasteiger partial charge on any atom is -0.234 e. The van der Waals surface area contributed by atoms with Gasteiger partial charge in [0, 0.05) is 5.57 Å². The summed E-state index contributed by atoms with van der Waals surface area (Å²) in [6.07, 6.45) is 2.02. The molecule has 0 aliphatic heterocycles. The van der Waals surface area contributed by atoms with Crippen LogP contribution in [0.1, 0.15) is 18.1 Å². The summed E-state index contributed by atoms with van der Waals surface area (Å²) >= 11 is 0. The predicted octanol–water partition coefficient (Wildman–Crippen LogP) is 2.18. The topological polar surface area (TPSA) is 17.1 Å². The molecule has 0 amide bonds. The lowest BCUT2D eigenvalue weighted by Gasteiger charge is -2.03. The second kappa shape index (κ2) is 3.20. The molecule has 1 heteroatoms. The Hall–Kier alpha value is -1.33. The van der Waals surface area contributed by atoms with Crippen molar-refractivity contribution < 1.29 is 4.79 Å². The monoisotopic (exact) mass is 172 g/mol. The van der Waals surface area contributed by atoms with Crippen LogP contribution in [0.4, 0.5) is 0 Å². The molecule has 66 valence electrons. The van der Waals surface area contributed by atoms with Gasteiger partial charge in [-0.15, -0.1) is 0 Å². The van der Waals surface area contributed by atoms with E-state index in [1.807, 2.05) is 12.9 Å². The summed E-state index contributed by atoms with van der Waals surface area (Å²) in [6, 6.07) is 8.41. The van der Waals surface area contributed by atoms with E-state index in [1.54, 1.807) is 0 Å². The molecule has 0 fully saturated rings. The summed E-state index contributed by atoms with van der Waals surface area (Å²) in [4.78, 5) is 10.5. The smallest absolute Gasteiger partial charge is 0.123 e. The summed E-state index contributed by atoms with van der Waals surface area (Å²) in [5.41, 5.74) is 3.64. The molecular weight excluding hydrogens is 160 g/mol. The molecule has 2 rings (SSSR count). The van der Waals surface area contributed by atoms with Gasteiger partial charge in [-0.3, -0.25) is 0 Å². The summed E-state index contributed by atoms with van der Waals surface area (Å²) < 4.78 is 0. The molecule has 1 aromatic rings. The van der Waals surface area contributed by atoms with Crippen molar-refractivity contribution in [2.45, 2.75) is 19.8 Å². The number of hydrogen-bond acceptors (Lipinski definition) is 1. The highest BCUT2D eigenvalue weighted by molar-refractivity contribution is 5.54. The maximum Gasteiger partial charge on any atom is 0.123 e. The fourth-order valence-electron chi connectivity index (χ4n) is 1.95. The van der Waals surface area contributed by atoms with E-state index in [-0.39, 0.29) is 0 Å². The number of hydrogen-bond donors (Lipinski definition) is 0. The van der Waals surface area contributed by atoms with E-state index in [9.17, 15) is 4.79 Å². The Bertz CT molecular complexity index is 347. The first kappa shape index (κ1) is 8.28. The molecule has 0 aromatic heterocycles. The van der Waals surface area contributed by atoms with Crippen LogP contribution in [0, 0.1) is 5.92 Å². The molecule has 0 atom stereocenters. The van der Waals surface area contributed by atoms with Crippen LogP contribution in [0.15, 0.2) is 29.8 Å². The third-order valence-electron chi connectivity index (χ3n) is 2.82. The van der Waals surface area contributed by atoms with Crippen LogP contribution in [-0.2, 0) is 17.6 Å². The largest absolute Gasteiger partial charge is 0.234 e. The van der Waals surface area contributed by atoms with Gasteiger partial charge in [-0.2, -0.15) is 0 Å². The van der Waals surface area contributed by atoms with E-state index >= 15 is 0 Å². The highest BCUT2D eigenvalue weighted by Crippen LogP contribution is 2.29. The summed E-state index contributed by atoms with van der Waals surface area (Å²) in [7, 11) is 0. The lowest BCUT2D eigenvalue weighted by molar-refractivity contribution is 0.559. The Labute approximate surface area is 78.1 Å². The fraction of sp³-hybridized carbons (Fsp3) is 0.333. The lowest BCUT2D eigenvalue weighted by atomic mass is 9.99. The molecule has 0 radical (unpaired) electrons. The number of allylic oxidation sites excluding steroid dienone is 1. The standard InChI is InChI=1S/C12H12O/c1-9(8-13)12-6-10-4-2-3-5-11(10)7-12/h2-5,12H,6-7H2,1H3. The second-order valence-electron chi connectivity index (χ2n) is 3.66.